The van der Waals surface area contributed by atoms with Gasteiger partial charge in [0.1, 0.15) is 6.54 Å². The molecule has 1 N–H and O–H groups in total. The number of benzene rings is 2. The topological polar surface area (TPSA) is 99.4 Å². The summed E-state index contributed by atoms with van der Waals surface area (Å²) in [5, 5.41) is 2.68. The van der Waals surface area contributed by atoms with Crippen LogP contribution in [0.5, 0.6) is 0 Å². The van der Waals surface area contributed by atoms with E-state index in [9.17, 15) is 14.4 Å². The monoisotopic (exact) mass is 339 g/mol. The van der Waals surface area contributed by atoms with Crippen LogP contribution in [0.4, 0.5) is 5.69 Å². The second-order valence-electron chi connectivity index (χ2n) is 5.58. The summed E-state index contributed by atoms with van der Waals surface area (Å²) in [6.07, 6.45) is 0. The number of nitrogens with zero attached hydrogens (tertiary/aromatic N) is 2. The van der Waals surface area contributed by atoms with Crippen LogP contribution < -0.4 is 16.8 Å². The first kappa shape index (κ1) is 15.0. The van der Waals surface area contributed by atoms with E-state index in [4.69, 9.17) is 8.83 Å². The minimum atomic E-state index is -0.596. The maximum absolute atomic E-state index is 12.3. The summed E-state index contributed by atoms with van der Waals surface area (Å²) in [6, 6.07) is 11.8. The maximum Gasteiger partial charge on any atom is 0.420 e. The zero-order chi connectivity index (χ0) is 17.6. The molecule has 25 heavy (non-hydrogen) atoms. The van der Waals surface area contributed by atoms with Gasteiger partial charge in [-0.2, -0.15) is 0 Å². The summed E-state index contributed by atoms with van der Waals surface area (Å²) >= 11 is 0. The minimum Gasteiger partial charge on any atom is -0.408 e. The van der Waals surface area contributed by atoms with Crippen LogP contribution in [0.1, 0.15) is 0 Å². The van der Waals surface area contributed by atoms with Crippen LogP contribution in [0.3, 0.4) is 0 Å². The van der Waals surface area contributed by atoms with E-state index in [0.29, 0.717) is 27.9 Å². The van der Waals surface area contributed by atoms with E-state index in [1.54, 1.807) is 49.5 Å². The number of aromatic nitrogens is 2. The number of para-hydroxylation sites is 2. The van der Waals surface area contributed by atoms with Gasteiger partial charge in [-0.15, -0.1) is 0 Å². The highest BCUT2D eigenvalue weighted by atomic mass is 16.4. The predicted octanol–water partition coefficient (Wildman–Crippen LogP) is 1.68. The number of nitrogens with one attached hydrogen (secondary N) is 1. The number of amides is 1. The first-order chi connectivity index (χ1) is 12.0. The van der Waals surface area contributed by atoms with Gasteiger partial charge in [0.15, 0.2) is 11.2 Å². The fraction of sp³-hybridized carbons (Fsp3) is 0.118. The van der Waals surface area contributed by atoms with Crippen molar-refractivity contribution in [2.24, 2.45) is 7.05 Å². The largest absolute Gasteiger partial charge is 0.420 e. The van der Waals surface area contributed by atoms with E-state index in [-0.39, 0.29) is 6.54 Å². The summed E-state index contributed by atoms with van der Waals surface area (Å²) in [5.74, 6) is -1.47. The molecule has 4 aromatic rings. The Bertz CT molecular complexity index is 1220. The molecule has 0 saturated heterocycles. The zero-order valence-corrected chi connectivity index (χ0v) is 13.2. The Morgan fingerprint density at radius 3 is 2.60 bits per heavy atom. The second kappa shape index (κ2) is 5.52. The average molecular weight is 339 g/mol. The van der Waals surface area contributed by atoms with Crippen molar-refractivity contribution in [3.05, 3.63) is 63.6 Å². The quantitative estimate of drug-likeness (QED) is 0.612. The molecule has 0 aliphatic heterocycles. The van der Waals surface area contributed by atoms with Crippen molar-refractivity contribution in [3.63, 3.8) is 0 Å². The Kier molecular flexibility index (Phi) is 3.31. The normalized spacial score (nSPS) is 11.2. The number of fused-ring (bicyclic) bond motifs is 2. The van der Waals surface area contributed by atoms with Crippen LogP contribution in [0.15, 0.2) is 60.9 Å². The van der Waals surface area contributed by atoms with E-state index in [1.807, 2.05) is 0 Å². The number of carbonyl (C=O) groups is 1. The molecule has 0 spiro atoms. The minimum absolute atomic E-state index is 0.188. The first-order valence-electron chi connectivity index (χ1n) is 7.51. The van der Waals surface area contributed by atoms with Crippen LogP contribution in [0, 0.1) is 0 Å². The Labute approximate surface area is 139 Å². The molecule has 4 rings (SSSR count). The van der Waals surface area contributed by atoms with E-state index in [1.165, 1.54) is 9.13 Å². The van der Waals surface area contributed by atoms with E-state index in [2.05, 4.69) is 5.32 Å². The molecule has 0 saturated carbocycles. The SMILES string of the molecule is Cn1c(=O)oc2cc(NC(=O)Cn3c(=O)oc4ccccc43)ccc21. The van der Waals surface area contributed by atoms with Gasteiger partial charge >= 0.3 is 11.5 Å². The third-order valence-corrected chi connectivity index (χ3v) is 3.95. The van der Waals surface area contributed by atoms with Crippen LogP contribution in [0.25, 0.3) is 22.2 Å². The Hall–Kier alpha value is -3.55. The average Bonchev–Trinajstić information content (AvgIpc) is 3.04. The molecular weight excluding hydrogens is 326 g/mol. The van der Waals surface area contributed by atoms with Crippen LogP contribution in [0.2, 0.25) is 0 Å². The standard InChI is InChI=1S/C17H13N3O5/c1-19-11-7-6-10(8-14(11)25-16(19)22)18-15(21)9-20-12-4-2-3-5-13(12)24-17(20)23/h2-8H,9H2,1H3,(H,18,21). The number of hydrogen-bond acceptors (Lipinski definition) is 5. The van der Waals surface area contributed by atoms with Crippen LogP contribution in [-0.2, 0) is 18.4 Å². The Morgan fingerprint density at radius 2 is 1.76 bits per heavy atom. The number of aryl methyl sites for hydroxylation is 1. The van der Waals surface area contributed by atoms with Crippen LogP contribution >= 0.6 is 0 Å². The zero-order valence-electron chi connectivity index (χ0n) is 13.2. The van der Waals surface area contributed by atoms with Gasteiger partial charge in [0.2, 0.25) is 5.91 Å². The van der Waals surface area contributed by atoms with E-state index in [0.717, 1.165) is 0 Å². The molecule has 0 radical (unpaired) electrons. The van der Waals surface area contributed by atoms with Gasteiger partial charge in [-0.25, -0.2) is 9.59 Å². The number of anilines is 1. The summed E-state index contributed by atoms with van der Waals surface area (Å²) in [5.41, 5.74) is 2.43. The molecule has 0 bridgehead atoms. The van der Waals surface area contributed by atoms with Gasteiger partial charge in [-0.3, -0.25) is 13.9 Å². The number of oxazole rings is 2. The number of hydrogen-bond donors (Lipinski definition) is 1. The predicted molar refractivity (Wildman–Crippen MR) is 90.6 cm³/mol. The van der Waals surface area contributed by atoms with Gasteiger partial charge < -0.3 is 14.2 Å². The molecule has 126 valence electrons. The maximum atomic E-state index is 12.3. The molecule has 0 fully saturated rings. The van der Waals surface area contributed by atoms with Gasteiger partial charge in [0.25, 0.3) is 0 Å². The molecule has 1 amide bonds. The third kappa shape index (κ3) is 2.53. The van der Waals surface area contributed by atoms with Crippen molar-refractivity contribution >= 4 is 33.8 Å². The molecule has 2 aromatic carbocycles. The van der Waals surface area contributed by atoms with Gasteiger partial charge in [-0.05, 0) is 24.3 Å². The van der Waals surface area contributed by atoms with Gasteiger partial charge in [-0.1, -0.05) is 12.1 Å². The van der Waals surface area contributed by atoms with Gasteiger partial charge in [0, 0.05) is 18.8 Å². The molecule has 8 nitrogen and oxygen atoms in total. The highest BCUT2D eigenvalue weighted by Crippen LogP contribution is 2.18. The molecule has 0 aliphatic rings. The van der Waals surface area contributed by atoms with Crippen molar-refractivity contribution in [2.75, 3.05) is 5.32 Å². The molecule has 2 heterocycles. The Morgan fingerprint density at radius 1 is 1.00 bits per heavy atom. The summed E-state index contributed by atoms with van der Waals surface area (Å²) in [7, 11) is 1.60. The molecule has 2 aromatic heterocycles. The lowest BCUT2D eigenvalue weighted by Gasteiger charge is -2.05. The van der Waals surface area contributed by atoms with Crippen molar-refractivity contribution in [3.8, 4) is 0 Å². The van der Waals surface area contributed by atoms with Gasteiger partial charge in [0.05, 0.1) is 11.0 Å². The smallest absolute Gasteiger partial charge is 0.408 e. The molecule has 0 unspecified atom stereocenters. The van der Waals surface area contributed by atoms with Crippen molar-refractivity contribution in [1.82, 2.24) is 9.13 Å². The van der Waals surface area contributed by atoms with Crippen molar-refractivity contribution in [2.45, 2.75) is 6.54 Å². The summed E-state index contributed by atoms with van der Waals surface area (Å²) < 4.78 is 12.8. The molecule has 0 aliphatic carbocycles. The molecular formula is C17H13N3O5. The highest BCUT2D eigenvalue weighted by molar-refractivity contribution is 5.93. The molecule has 8 heteroatoms. The first-order valence-corrected chi connectivity index (χ1v) is 7.51. The Balaban J connectivity index is 1.60. The van der Waals surface area contributed by atoms with E-state index < -0.39 is 17.4 Å². The molecule has 0 atom stereocenters. The lowest BCUT2D eigenvalue weighted by atomic mass is 10.3. The third-order valence-electron chi connectivity index (χ3n) is 3.95. The lowest BCUT2D eigenvalue weighted by molar-refractivity contribution is -0.116. The second-order valence-corrected chi connectivity index (χ2v) is 5.58. The highest BCUT2D eigenvalue weighted by Gasteiger charge is 2.13. The van der Waals surface area contributed by atoms with Crippen LogP contribution in [-0.4, -0.2) is 15.0 Å². The summed E-state index contributed by atoms with van der Waals surface area (Å²) in [6.45, 7) is -0.188. The number of carbonyl (C=O) groups excluding carboxylic acids is 1. The van der Waals surface area contributed by atoms with E-state index >= 15 is 0 Å². The number of rotatable bonds is 3. The van der Waals surface area contributed by atoms with Crippen molar-refractivity contribution in [1.29, 1.82) is 0 Å². The fourth-order valence-corrected chi connectivity index (χ4v) is 2.72. The lowest BCUT2D eigenvalue weighted by Crippen LogP contribution is -2.24. The fourth-order valence-electron chi connectivity index (χ4n) is 2.72. The summed E-state index contributed by atoms with van der Waals surface area (Å²) in [4.78, 5) is 35.7. The van der Waals surface area contributed by atoms with Crippen molar-refractivity contribution < 1.29 is 13.6 Å².